The molecule has 3 rings (SSSR count). The van der Waals surface area contributed by atoms with Gasteiger partial charge in [0.2, 0.25) is 0 Å². The molecule has 0 aromatic heterocycles. The monoisotopic (exact) mass is 624 g/mol. The second-order valence-corrected chi connectivity index (χ2v) is 24.0. The second kappa shape index (κ2) is 18.2. The van der Waals surface area contributed by atoms with Crippen molar-refractivity contribution in [3.05, 3.63) is 63.8 Å². The van der Waals surface area contributed by atoms with Gasteiger partial charge in [0.25, 0.3) is 0 Å². The predicted octanol–water partition coefficient (Wildman–Crippen LogP) is 8.30. The average Bonchev–Trinajstić information content (AvgIpc) is 3.37. The summed E-state index contributed by atoms with van der Waals surface area (Å²) in [7, 11) is -2.21. The van der Waals surface area contributed by atoms with E-state index in [2.05, 4.69) is 91.9 Å². The summed E-state index contributed by atoms with van der Waals surface area (Å²) in [5.74, 6) is 0.898. The summed E-state index contributed by atoms with van der Waals surface area (Å²) < 4.78 is 15.4. The molecule has 0 aliphatic carbocycles. The standard InChI is InChI=1S/C23H31NO2.C6H18NSi2.C4H8O.Ca/c1-22(2,3)18-14-17(21(25)20(15-18)23(4,5)6)16-24-12-13-26-19-10-8-7-9-11-19;1-8(2,3)7-9(4,5)6;1-2-4-5-3-1;/h7-11,14-16,25H,12-13H2,1-6H3;1-6H3;1-4H2;/q;-1;;+2/p-1. The van der Waals surface area contributed by atoms with Crippen molar-refractivity contribution in [3.8, 4) is 11.5 Å². The van der Waals surface area contributed by atoms with Crippen LogP contribution in [-0.2, 0) is 15.6 Å². The number of nitrogens with zero attached hydrogens (tertiary/aromatic N) is 2. The fourth-order valence-electron chi connectivity index (χ4n) is 4.15. The van der Waals surface area contributed by atoms with E-state index in [0.717, 1.165) is 30.1 Å². The van der Waals surface area contributed by atoms with E-state index in [9.17, 15) is 5.11 Å². The number of hydrogen-bond acceptors (Lipinski definition) is 4. The van der Waals surface area contributed by atoms with E-state index in [1.165, 1.54) is 12.8 Å². The number of aliphatic imine (C=N–C) groups is 1. The van der Waals surface area contributed by atoms with Crippen LogP contribution in [0.25, 0.3) is 4.65 Å². The molecule has 5 nitrogen and oxygen atoms in total. The third-order valence-corrected chi connectivity index (χ3v) is 11.1. The summed E-state index contributed by atoms with van der Waals surface area (Å²) in [5.41, 5.74) is 2.43. The fraction of sp³-hybridized carbons (Fsp3) is 0.606. The van der Waals surface area contributed by atoms with Crippen LogP contribution < -0.4 is 9.84 Å². The zero-order chi connectivity index (χ0) is 30.6. The first kappa shape index (κ1) is 40.3. The van der Waals surface area contributed by atoms with E-state index >= 15 is 0 Å². The minimum Gasteiger partial charge on any atom is -0.872 e. The zero-order valence-corrected chi connectivity index (χ0v) is 32.4. The summed E-state index contributed by atoms with van der Waals surface area (Å²) in [5, 5.41) is 12.9. The molecule has 0 saturated carbocycles. The minimum atomic E-state index is -1.11. The van der Waals surface area contributed by atoms with Crippen LogP contribution in [0.2, 0.25) is 39.3 Å². The molecule has 1 fully saturated rings. The third-order valence-electron chi connectivity index (χ3n) is 5.75. The average molecular weight is 625 g/mol. The van der Waals surface area contributed by atoms with Gasteiger partial charge in [-0.3, -0.25) is 4.99 Å². The maximum Gasteiger partial charge on any atom is 2.00 e. The van der Waals surface area contributed by atoms with Crippen molar-refractivity contribution in [2.75, 3.05) is 26.4 Å². The fourth-order valence-corrected chi connectivity index (χ4v) is 12.2. The van der Waals surface area contributed by atoms with Crippen molar-refractivity contribution in [1.82, 2.24) is 0 Å². The molecule has 1 heterocycles. The molecule has 0 unspecified atom stereocenters. The molecule has 226 valence electrons. The molecule has 8 heteroatoms. The minimum absolute atomic E-state index is 0. The first-order chi connectivity index (χ1) is 18.3. The zero-order valence-electron chi connectivity index (χ0n) is 28.2. The van der Waals surface area contributed by atoms with Gasteiger partial charge in [-0.25, -0.2) is 0 Å². The molecule has 0 N–H and O–H groups in total. The van der Waals surface area contributed by atoms with Gasteiger partial charge >= 0.3 is 37.7 Å². The molecule has 1 aliphatic rings. The number of para-hydroxylation sites is 1. The Hall–Kier alpha value is -0.676. The van der Waals surface area contributed by atoms with E-state index < -0.39 is 16.5 Å². The van der Waals surface area contributed by atoms with E-state index in [1.807, 2.05) is 36.4 Å². The van der Waals surface area contributed by atoms with E-state index in [-0.39, 0.29) is 54.3 Å². The van der Waals surface area contributed by atoms with Crippen LogP contribution in [0.3, 0.4) is 0 Å². The molecule has 0 bridgehead atoms. The molecule has 41 heavy (non-hydrogen) atoms. The normalized spacial score (nSPS) is 14.0. The van der Waals surface area contributed by atoms with E-state index in [1.54, 1.807) is 6.21 Å². The summed E-state index contributed by atoms with van der Waals surface area (Å²) in [4.78, 5) is 4.41. The smallest absolute Gasteiger partial charge is 0.872 e. The second-order valence-electron chi connectivity index (χ2n) is 14.4. The van der Waals surface area contributed by atoms with E-state index in [4.69, 9.17) is 14.1 Å². The Morgan fingerprint density at radius 2 is 1.41 bits per heavy atom. The Bertz CT molecular complexity index is 1010. The first-order valence-electron chi connectivity index (χ1n) is 14.6. The molecule has 0 radical (unpaired) electrons. The number of rotatable bonds is 7. The van der Waals surface area contributed by atoms with Gasteiger partial charge in [-0.1, -0.05) is 133 Å². The molecule has 0 spiro atoms. The summed E-state index contributed by atoms with van der Waals surface area (Å²) in [6, 6.07) is 13.7. The van der Waals surface area contributed by atoms with Crippen LogP contribution >= 0.6 is 0 Å². The topological polar surface area (TPSA) is 68.0 Å². The van der Waals surface area contributed by atoms with Crippen molar-refractivity contribution >= 4 is 60.4 Å². The van der Waals surface area contributed by atoms with Crippen LogP contribution in [0.1, 0.15) is 71.1 Å². The van der Waals surface area contributed by atoms with Crippen LogP contribution in [0, 0.1) is 0 Å². The SMILES string of the molecule is C1CCOC1.CC(C)(C)c1cc(C=NCCOc2ccccc2)c([O-])c(C(C)(C)C)c1.C[Si](C)(C)[N-][Si](C)(C)C.[Ca+2]. The maximum absolute atomic E-state index is 12.9. The Morgan fingerprint density at radius 3 is 1.80 bits per heavy atom. The first-order valence-corrected chi connectivity index (χ1v) is 21.5. The van der Waals surface area contributed by atoms with Crippen molar-refractivity contribution in [1.29, 1.82) is 0 Å². The van der Waals surface area contributed by atoms with Gasteiger partial charge < -0.3 is 19.2 Å². The Labute approximate surface area is 284 Å². The van der Waals surface area contributed by atoms with Gasteiger partial charge in [0, 0.05) is 19.4 Å². The molecule has 0 amide bonds. The van der Waals surface area contributed by atoms with E-state index in [0.29, 0.717) is 18.7 Å². The third kappa shape index (κ3) is 18.6. The quantitative estimate of drug-likeness (QED) is 0.177. The number of benzene rings is 2. The Morgan fingerprint density at radius 1 is 0.878 bits per heavy atom. The van der Waals surface area contributed by atoms with Crippen molar-refractivity contribution in [3.63, 3.8) is 0 Å². The maximum atomic E-state index is 12.9. The van der Waals surface area contributed by atoms with Crippen LogP contribution in [0.5, 0.6) is 11.5 Å². The van der Waals surface area contributed by atoms with Gasteiger partial charge in [-0.2, -0.15) is 0 Å². The predicted molar refractivity (Wildman–Crippen MR) is 184 cm³/mol. The molecule has 1 aliphatic heterocycles. The van der Waals surface area contributed by atoms with Crippen LogP contribution in [0.4, 0.5) is 0 Å². The molecular weight excluding hydrogens is 569 g/mol. The van der Waals surface area contributed by atoms with Crippen molar-refractivity contribution in [2.45, 2.75) is 104 Å². The number of ether oxygens (including phenoxy) is 2. The van der Waals surface area contributed by atoms with Crippen LogP contribution in [0.15, 0.2) is 47.5 Å². The number of hydrogen-bond donors (Lipinski definition) is 0. The Kier molecular flexibility index (Phi) is 17.9. The van der Waals surface area contributed by atoms with Gasteiger partial charge in [0.15, 0.2) is 0 Å². The summed E-state index contributed by atoms with van der Waals surface area (Å²) in [6.07, 6.45) is 4.25. The molecule has 2 aromatic carbocycles. The Balaban J connectivity index is 0.000000876. The summed E-state index contributed by atoms with van der Waals surface area (Å²) >= 11 is 0. The van der Waals surface area contributed by atoms with Crippen LogP contribution in [-0.4, -0.2) is 86.8 Å². The van der Waals surface area contributed by atoms with Gasteiger partial charge in [-0.05, 0) is 52.5 Å². The van der Waals surface area contributed by atoms with Gasteiger partial charge in [0.05, 0.1) is 6.54 Å². The largest absolute Gasteiger partial charge is 2.00 e. The molecule has 1 saturated heterocycles. The van der Waals surface area contributed by atoms with Crippen molar-refractivity contribution < 1.29 is 14.6 Å². The van der Waals surface area contributed by atoms with Gasteiger partial charge in [0.1, 0.15) is 12.4 Å². The molecular formula is C33H56CaN2O3Si2. The molecule has 0 atom stereocenters. The summed E-state index contributed by atoms with van der Waals surface area (Å²) in [6.45, 7) is 29.5. The van der Waals surface area contributed by atoms with Crippen molar-refractivity contribution in [2.24, 2.45) is 4.99 Å². The molecule has 2 aromatic rings. The van der Waals surface area contributed by atoms with Gasteiger partial charge in [-0.15, -0.1) is 0 Å².